The predicted molar refractivity (Wildman–Crippen MR) is 106 cm³/mol. The van der Waals surface area contributed by atoms with Crippen molar-refractivity contribution in [3.8, 4) is 5.75 Å². The standard InChI is InChI=1S/C22H19N3O2/c1-27-20-11-9-17(10-12-20)22(26)24-19-13-23-25(15-19)14-18-7-4-6-16-5-2-3-8-21(16)18/h2-13,15H,14H2,1H3,(H,24,26). The Morgan fingerprint density at radius 3 is 2.63 bits per heavy atom. The molecule has 1 heterocycles. The summed E-state index contributed by atoms with van der Waals surface area (Å²) in [7, 11) is 1.60. The van der Waals surface area contributed by atoms with Crippen LogP contribution in [0.2, 0.25) is 0 Å². The molecule has 0 saturated heterocycles. The molecule has 0 fully saturated rings. The highest BCUT2D eigenvalue weighted by Crippen LogP contribution is 2.20. The Morgan fingerprint density at radius 1 is 1.04 bits per heavy atom. The summed E-state index contributed by atoms with van der Waals surface area (Å²) in [6.45, 7) is 0.639. The van der Waals surface area contributed by atoms with E-state index in [4.69, 9.17) is 4.74 Å². The number of hydrogen-bond donors (Lipinski definition) is 1. The van der Waals surface area contributed by atoms with Crippen LogP contribution in [0.3, 0.4) is 0 Å². The van der Waals surface area contributed by atoms with Crippen LogP contribution in [-0.4, -0.2) is 22.8 Å². The maximum Gasteiger partial charge on any atom is 0.255 e. The van der Waals surface area contributed by atoms with Gasteiger partial charge in [0.1, 0.15) is 5.75 Å². The topological polar surface area (TPSA) is 56.1 Å². The summed E-state index contributed by atoms with van der Waals surface area (Å²) in [6.07, 6.45) is 3.50. The van der Waals surface area contributed by atoms with E-state index in [1.54, 1.807) is 37.6 Å². The van der Waals surface area contributed by atoms with Gasteiger partial charge in [-0.15, -0.1) is 0 Å². The highest BCUT2D eigenvalue weighted by molar-refractivity contribution is 6.04. The second-order valence-electron chi connectivity index (χ2n) is 6.25. The summed E-state index contributed by atoms with van der Waals surface area (Å²) >= 11 is 0. The first-order valence-electron chi connectivity index (χ1n) is 8.67. The number of nitrogens with one attached hydrogen (secondary N) is 1. The minimum absolute atomic E-state index is 0.178. The van der Waals surface area contributed by atoms with Crippen molar-refractivity contribution in [2.75, 3.05) is 12.4 Å². The van der Waals surface area contributed by atoms with Crippen LogP contribution in [0.15, 0.2) is 79.1 Å². The third kappa shape index (κ3) is 3.67. The lowest BCUT2D eigenvalue weighted by molar-refractivity contribution is 0.102. The highest BCUT2D eigenvalue weighted by atomic mass is 16.5. The summed E-state index contributed by atoms with van der Waals surface area (Å²) < 4.78 is 6.94. The van der Waals surface area contributed by atoms with Crippen molar-refractivity contribution in [1.29, 1.82) is 0 Å². The van der Waals surface area contributed by atoms with Crippen LogP contribution in [0.4, 0.5) is 5.69 Å². The van der Waals surface area contributed by atoms with E-state index in [2.05, 4.69) is 34.7 Å². The largest absolute Gasteiger partial charge is 0.497 e. The number of amides is 1. The summed E-state index contributed by atoms with van der Waals surface area (Å²) in [5.41, 5.74) is 2.41. The molecule has 1 aromatic heterocycles. The fourth-order valence-electron chi connectivity index (χ4n) is 3.07. The molecular weight excluding hydrogens is 338 g/mol. The Hall–Kier alpha value is -3.60. The quantitative estimate of drug-likeness (QED) is 0.578. The summed E-state index contributed by atoms with van der Waals surface area (Å²) in [6, 6.07) is 21.5. The molecule has 0 unspecified atom stereocenters. The van der Waals surface area contributed by atoms with Crippen molar-refractivity contribution in [2.45, 2.75) is 6.54 Å². The van der Waals surface area contributed by atoms with Gasteiger partial charge in [-0.25, -0.2) is 0 Å². The Labute approximate surface area is 157 Å². The molecule has 4 aromatic rings. The number of benzene rings is 3. The van der Waals surface area contributed by atoms with E-state index >= 15 is 0 Å². The lowest BCUT2D eigenvalue weighted by Crippen LogP contribution is -2.11. The molecule has 0 bridgehead atoms. The van der Waals surface area contributed by atoms with Crippen LogP contribution in [0, 0.1) is 0 Å². The molecule has 1 amide bonds. The van der Waals surface area contributed by atoms with Gasteiger partial charge in [-0.05, 0) is 40.6 Å². The van der Waals surface area contributed by atoms with Crippen molar-refractivity contribution in [2.24, 2.45) is 0 Å². The molecule has 4 rings (SSSR count). The molecule has 27 heavy (non-hydrogen) atoms. The van der Waals surface area contributed by atoms with Gasteiger partial charge in [-0.3, -0.25) is 9.48 Å². The molecule has 0 aliphatic heterocycles. The Kier molecular flexibility index (Phi) is 4.58. The monoisotopic (exact) mass is 357 g/mol. The van der Waals surface area contributed by atoms with E-state index in [1.807, 2.05) is 29.1 Å². The number of rotatable bonds is 5. The van der Waals surface area contributed by atoms with E-state index in [9.17, 15) is 4.79 Å². The van der Waals surface area contributed by atoms with Crippen LogP contribution in [0.1, 0.15) is 15.9 Å². The van der Waals surface area contributed by atoms with Crippen molar-refractivity contribution < 1.29 is 9.53 Å². The van der Waals surface area contributed by atoms with E-state index in [0.29, 0.717) is 17.8 Å². The second-order valence-corrected chi connectivity index (χ2v) is 6.25. The minimum Gasteiger partial charge on any atom is -0.497 e. The van der Waals surface area contributed by atoms with Gasteiger partial charge < -0.3 is 10.1 Å². The van der Waals surface area contributed by atoms with Gasteiger partial charge in [0.05, 0.1) is 25.5 Å². The van der Waals surface area contributed by atoms with Gasteiger partial charge in [0.15, 0.2) is 0 Å². The van der Waals surface area contributed by atoms with Crippen molar-refractivity contribution in [1.82, 2.24) is 9.78 Å². The maximum atomic E-state index is 12.4. The summed E-state index contributed by atoms with van der Waals surface area (Å²) in [5.74, 6) is 0.539. The van der Waals surface area contributed by atoms with E-state index in [-0.39, 0.29) is 5.91 Å². The Bertz CT molecular complexity index is 1080. The summed E-state index contributed by atoms with van der Waals surface area (Å²) in [4.78, 5) is 12.4. The number of aromatic nitrogens is 2. The molecule has 0 spiro atoms. The van der Waals surface area contributed by atoms with Crippen molar-refractivity contribution >= 4 is 22.4 Å². The Morgan fingerprint density at radius 2 is 1.81 bits per heavy atom. The minimum atomic E-state index is -0.178. The maximum absolute atomic E-state index is 12.4. The number of carbonyl (C=O) groups excluding carboxylic acids is 1. The molecule has 0 saturated carbocycles. The van der Waals surface area contributed by atoms with E-state index < -0.39 is 0 Å². The number of ether oxygens (including phenoxy) is 1. The molecule has 0 aliphatic rings. The van der Waals surface area contributed by atoms with E-state index in [0.717, 1.165) is 5.75 Å². The van der Waals surface area contributed by atoms with Crippen LogP contribution in [-0.2, 0) is 6.54 Å². The fourth-order valence-corrected chi connectivity index (χ4v) is 3.07. The zero-order chi connectivity index (χ0) is 18.6. The molecule has 134 valence electrons. The predicted octanol–water partition coefficient (Wildman–Crippen LogP) is 4.35. The number of fused-ring (bicyclic) bond motifs is 1. The normalized spacial score (nSPS) is 10.7. The average molecular weight is 357 g/mol. The smallest absolute Gasteiger partial charge is 0.255 e. The number of hydrogen-bond acceptors (Lipinski definition) is 3. The Balaban J connectivity index is 1.49. The number of carbonyl (C=O) groups is 1. The first kappa shape index (κ1) is 16.8. The number of anilines is 1. The van der Waals surface area contributed by atoms with Crippen LogP contribution >= 0.6 is 0 Å². The van der Waals surface area contributed by atoms with Gasteiger partial charge in [0.25, 0.3) is 5.91 Å². The zero-order valence-electron chi connectivity index (χ0n) is 14.9. The molecular formula is C22H19N3O2. The summed E-state index contributed by atoms with van der Waals surface area (Å²) in [5, 5.41) is 9.66. The van der Waals surface area contributed by atoms with E-state index in [1.165, 1.54) is 16.3 Å². The van der Waals surface area contributed by atoms with Gasteiger partial charge in [-0.2, -0.15) is 5.10 Å². The lowest BCUT2D eigenvalue weighted by Gasteiger charge is -2.07. The molecule has 1 N–H and O–H groups in total. The van der Waals surface area contributed by atoms with Crippen molar-refractivity contribution in [3.63, 3.8) is 0 Å². The number of nitrogens with zero attached hydrogens (tertiary/aromatic N) is 2. The first-order chi connectivity index (χ1) is 13.2. The van der Waals surface area contributed by atoms with Crippen LogP contribution < -0.4 is 10.1 Å². The van der Waals surface area contributed by atoms with Crippen LogP contribution in [0.25, 0.3) is 10.8 Å². The molecule has 3 aromatic carbocycles. The van der Waals surface area contributed by atoms with Gasteiger partial charge >= 0.3 is 0 Å². The number of methoxy groups -OCH3 is 1. The first-order valence-corrected chi connectivity index (χ1v) is 8.67. The lowest BCUT2D eigenvalue weighted by atomic mass is 10.0. The van der Waals surface area contributed by atoms with Gasteiger partial charge in [-0.1, -0.05) is 42.5 Å². The third-order valence-corrected chi connectivity index (χ3v) is 4.46. The molecule has 5 nitrogen and oxygen atoms in total. The van der Waals surface area contributed by atoms with Crippen molar-refractivity contribution in [3.05, 3.63) is 90.3 Å². The zero-order valence-corrected chi connectivity index (χ0v) is 14.9. The second kappa shape index (κ2) is 7.33. The highest BCUT2D eigenvalue weighted by Gasteiger charge is 2.09. The molecule has 0 aliphatic carbocycles. The molecule has 0 radical (unpaired) electrons. The van der Waals surface area contributed by atoms with Crippen LogP contribution in [0.5, 0.6) is 5.75 Å². The average Bonchev–Trinajstić information content (AvgIpc) is 3.15. The van der Waals surface area contributed by atoms with Gasteiger partial charge in [0.2, 0.25) is 0 Å². The van der Waals surface area contributed by atoms with Gasteiger partial charge in [0, 0.05) is 11.8 Å². The SMILES string of the molecule is COc1ccc(C(=O)Nc2cnn(Cc3cccc4ccccc34)c2)cc1. The fraction of sp³-hybridized carbons (Fsp3) is 0.0909. The molecule has 0 atom stereocenters. The third-order valence-electron chi connectivity index (χ3n) is 4.46. The molecule has 5 heteroatoms.